The number of likely N-dealkylation sites (tertiary alicyclic amines) is 1. The number of hydrogen-bond donors (Lipinski definition) is 1. The van der Waals surface area contributed by atoms with Gasteiger partial charge in [0.05, 0.1) is 19.8 Å². The van der Waals surface area contributed by atoms with Crippen molar-refractivity contribution in [3.05, 3.63) is 0 Å². The number of nitrogens with zero attached hydrogens (tertiary/aromatic N) is 1. The number of piperidine rings is 1. The summed E-state index contributed by atoms with van der Waals surface area (Å²) in [4.78, 5) is 24.6. The van der Waals surface area contributed by atoms with E-state index in [0.717, 1.165) is 19.4 Å². The third kappa shape index (κ3) is 4.18. The molecule has 2 rings (SSSR count). The minimum atomic E-state index is -0.771. The van der Waals surface area contributed by atoms with Crippen LogP contribution in [0.1, 0.15) is 25.7 Å². The predicted octanol–water partition coefficient (Wildman–Crippen LogP) is 0.505. The number of aliphatic carboxylic acids is 1. The number of carboxylic acids is 1. The monoisotopic (exact) mass is 271 g/mol. The van der Waals surface area contributed by atoms with Crippen molar-refractivity contribution in [1.82, 2.24) is 4.90 Å². The Bertz CT molecular complexity index is 327. The van der Waals surface area contributed by atoms with E-state index in [1.807, 2.05) is 0 Å². The molecule has 19 heavy (non-hydrogen) atoms. The summed E-state index contributed by atoms with van der Waals surface area (Å²) >= 11 is 0. The molecule has 0 bridgehead atoms. The number of carbonyl (C=O) groups is 2. The molecule has 2 aliphatic heterocycles. The first-order valence-corrected chi connectivity index (χ1v) is 6.86. The number of carboxylic acid groups (broad SMARTS) is 1. The zero-order chi connectivity index (χ0) is 13.7. The fourth-order valence-electron chi connectivity index (χ4n) is 2.66. The van der Waals surface area contributed by atoms with E-state index in [2.05, 4.69) is 0 Å². The Kier molecular flexibility index (Phi) is 5.15. The summed E-state index contributed by atoms with van der Waals surface area (Å²) in [6.45, 7) is 2.72. The van der Waals surface area contributed by atoms with Gasteiger partial charge in [0, 0.05) is 19.5 Å². The molecule has 2 saturated heterocycles. The van der Waals surface area contributed by atoms with E-state index in [1.165, 1.54) is 0 Å². The van der Waals surface area contributed by atoms with Crippen LogP contribution in [-0.2, 0) is 19.1 Å². The highest BCUT2D eigenvalue weighted by Crippen LogP contribution is 2.22. The lowest BCUT2D eigenvalue weighted by molar-refractivity contribution is -0.159. The van der Waals surface area contributed by atoms with Crippen molar-refractivity contribution in [1.29, 1.82) is 0 Å². The highest BCUT2D eigenvalue weighted by Gasteiger charge is 2.31. The summed E-state index contributed by atoms with van der Waals surface area (Å²) in [7, 11) is 0. The lowest BCUT2D eigenvalue weighted by Crippen LogP contribution is -2.48. The Morgan fingerprint density at radius 2 is 2.16 bits per heavy atom. The minimum absolute atomic E-state index is 0.0141. The van der Waals surface area contributed by atoms with Crippen LogP contribution in [0.4, 0.5) is 0 Å². The first-order chi connectivity index (χ1) is 9.16. The SMILES string of the molecule is O=C(O)CC[C@@H]1CCCN(C(=O)[C@@H]2COCCO2)C1. The largest absolute Gasteiger partial charge is 0.481 e. The molecule has 0 spiro atoms. The maximum Gasteiger partial charge on any atom is 0.303 e. The fourth-order valence-corrected chi connectivity index (χ4v) is 2.66. The van der Waals surface area contributed by atoms with Gasteiger partial charge in [0.25, 0.3) is 5.91 Å². The topological polar surface area (TPSA) is 76.1 Å². The number of rotatable bonds is 4. The summed E-state index contributed by atoms with van der Waals surface area (Å²) in [5, 5.41) is 8.71. The average molecular weight is 271 g/mol. The van der Waals surface area contributed by atoms with Gasteiger partial charge >= 0.3 is 5.97 Å². The first kappa shape index (κ1) is 14.3. The third-order valence-electron chi connectivity index (χ3n) is 3.69. The van der Waals surface area contributed by atoms with Crippen LogP contribution in [0, 0.1) is 5.92 Å². The molecule has 0 unspecified atom stereocenters. The number of carbonyl (C=O) groups excluding carboxylic acids is 1. The highest BCUT2D eigenvalue weighted by molar-refractivity contribution is 5.81. The maximum atomic E-state index is 12.2. The molecule has 2 aliphatic rings. The van der Waals surface area contributed by atoms with E-state index >= 15 is 0 Å². The van der Waals surface area contributed by atoms with Crippen LogP contribution in [0.15, 0.2) is 0 Å². The smallest absolute Gasteiger partial charge is 0.303 e. The molecule has 0 aliphatic carbocycles. The van der Waals surface area contributed by atoms with Crippen LogP contribution >= 0.6 is 0 Å². The van der Waals surface area contributed by atoms with Gasteiger partial charge in [0.1, 0.15) is 0 Å². The van der Waals surface area contributed by atoms with Gasteiger partial charge in [-0.25, -0.2) is 0 Å². The Morgan fingerprint density at radius 3 is 2.84 bits per heavy atom. The molecular weight excluding hydrogens is 250 g/mol. The lowest BCUT2D eigenvalue weighted by Gasteiger charge is -2.35. The molecule has 2 heterocycles. The summed E-state index contributed by atoms with van der Waals surface area (Å²) in [5.41, 5.74) is 0. The molecule has 6 nitrogen and oxygen atoms in total. The Hall–Kier alpha value is -1.14. The molecule has 0 radical (unpaired) electrons. The van der Waals surface area contributed by atoms with Gasteiger partial charge < -0.3 is 19.5 Å². The predicted molar refractivity (Wildman–Crippen MR) is 66.7 cm³/mol. The zero-order valence-corrected chi connectivity index (χ0v) is 11.0. The van der Waals surface area contributed by atoms with Crippen molar-refractivity contribution in [2.75, 3.05) is 32.9 Å². The first-order valence-electron chi connectivity index (χ1n) is 6.86. The van der Waals surface area contributed by atoms with Crippen LogP contribution in [0.5, 0.6) is 0 Å². The molecular formula is C13H21NO5. The lowest BCUT2D eigenvalue weighted by atomic mass is 9.93. The van der Waals surface area contributed by atoms with E-state index in [1.54, 1.807) is 4.90 Å². The van der Waals surface area contributed by atoms with Crippen molar-refractivity contribution in [2.24, 2.45) is 5.92 Å². The number of amides is 1. The highest BCUT2D eigenvalue weighted by atomic mass is 16.6. The van der Waals surface area contributed by atoms with Gasteiger partial charge in [-0.3, -0.25) is 9.59 Å². The van der Waals surface area contributed by atoms with Crippen molar-refractivity contribution < 1.29 is 24.2 Å². The Balaban J connectivity index is 1.82. The van der Waals surface area contributed by atoms with Crippen LogP contribution in [-0.4, -0.2) is 60.9 Å². The normalized spacial score (nSPS) is 28.1. The zero-order valence-electron chi connectivity index (χ0n) is 11.0. The Morgan fingerprint density at radius 1 is 1.32 bits per heavy atom. The van der Waals surface area contributed by atoms with E-state index in [4.69, 9.17) is 14.6 Å². The quantitative estimate of drug-likeness (QED) is 0.806. The molecule has 2 atom stereocenters. The van der Waals surface area contributed by atoms with E-state index in [9.17, 15) is 9.59 Å². The molecule has 0 aromatic heterocycles. The third-order valence-corrected chi connectivity index (χ3v) is 3.69. The van der Waals surface area contributed by atoms with E-state index < -0.39 is 12.1 Å². The fraction of sp³-hybridized carbons (Fsp3) is 0.846. The van der Waals surface area contributed by atoms with Crippen molar-refractivity contribution in [2.45, 2.75) is 31.8 Å². The molecule has 0 aromatic carbocycles. The molecule has 0 aromatic rings. The van der Waals surface area contributed by atoms with Crippen LogP contribution in [0.3, 0.4) is 0 Å². The summed E-state index contributed by atoms with van der Waals surface area (Å²) in [5.74, 6) is -0.495. The maximum absolute atomic E-state index is 12.2. The minimum Gasteiger partial charge on any atom is -0.481 e. The van der Waals surface area contributed by atoms with Gasteiger partial charge in [0.2, 0.25) is 0 Å². The van der Waals surface area contributed by atoms with Gasteiger partial charge in [-0.2, -0.15) is 0 Å². The molecule has 0 saturated carbocycles. The van der Waals surface area contributed by atoms with Crippen molar-refractivity contribution in [3.63, 3.8) is 0 Å². The Labute approximate surface area is 112 Å². The van der Waals surface area contributed by atoms with Crippen molar-refractivity contribution in [3.8, 4) is 0 Å². The number of ether oxygens (including phenoxy) is 2. The summed E-state index contributed by atoms with van der Waals surface area (Å²) in [6.07, 6.45) is 2.27. The summed E-state index contributed by atoms with van der Waals surface area (Å²) < 4.78 is 10.7. The summed E-state index contributed by atoms with van der Waals surface area (Å²) in [6, 6.07) is 0. The molecule has 6 heteroatoms. The second-order valence-electron chi connectivity index (χ2n) is 5.16. The van der Waals surface area contributed by atoms with E-state index in [0.29, 0.717) is 38.7 Å². The van der Waals surface area contributed by atoms with E-state index in [-0.39, 0.29) is 12.3 Å². The number of hydrogen-bond acceptors (Lipinski definition) is 4. The molecule has 1 N–H and O–H groups in total. The second kappa shape index (κ2) is 6.86. The molecule has 2 fully saturated rings. The molecule has 1 amide bonds. The van der Waals surface area contributed by atoms with Gasteiger partial charge in [-0.15, -0.1) is 0 Å². The van der Waals surface area contributed by atoms with Crippen LogP contribution in [0.2, 0.25) is 0 Å². The van der Waals surface area contributed by atoms with Crippen LogP contribution < -0.4 is 0 Å². The van der Waals surface area contributed by atoms with Gasteiger partial charge in [0.15, 0.2) is 6.10 Å². The van der Waals surface area contributed by atoms with Gasteiger partial charge in [-0.05, 0) is 25.2 Å². The second-order valence-corrected chi connectivity index (χ2v) is 5.16. The average Bonchev–Trinajstić information content (AvgIpc) is 2.45. The molecule has 108 valence electrons. The van der Waals surface area contributed by atoms with Crippen LogP contribution in [0.25, 0.3) is 0 Å². The standard InChI is InChI=1S/C13H21NO5/c15-12(16)4-3-10-2-1-5-14(8-10)13(17)11-9-18-6-7-19-11/h10-11H,1-9H2,(H,15,16)/t10-,11-/m0/s1. The van der Waals surface area contributed by atoms with Gasteiger partial charge in [-0.1, -0.05) is 0 Å². The van der Waals surface area contributed by atoms with Crippen molar-refractivity contribution >= 4 is 11.9 Å².